The van der Waals surface area contributed by atoms with Crippen LogP contribution in [0.4, 0.5) is 5.69 Å². The van der Waals surface area contributed by atoms with Gasteiger partial charge in [0, 0.05) is 5.69 Å². The molecular formula is C26H24N2O3. The molecule has 0 saturated heterocycles. The Morgan fingerprint density at radius 2 is 1.74 bits per heavy atom. The lowest BCUT2D eigenvalue weighted by Crippen LogP contribution is -2.20. The Hall–Kier alpha value is -4.04. The van der Waals surface area contributed by atoms with E-state index in [4.69, 9.17) is 9.47 Å². The molecule has 0 fully saturated rings. The van der Waals surface area contributed by atoms with Crippen LogP contribution in [0.3, 0.4) is 0 Å². The Kier molecular flexibility index (Phi) is 7.45. The molecule has 0 bridgehead atoms. The first-order chi connectivity index (χ1) is 15.1. The first kappa shape index (κ1) is 21.7. The zero-order valence-electron chi connectivity index (χ0n) is 17.6. The van der Waals surface area contributed by atoms with Crippen molar-refractivity contribution in [1.29, 1.82) is 5.26 Å². The van der Waals surface area contributed by atoms with E-state index in [2.05, 4.69) is 11.4 Å². The standard InChI is InChI=1S/C26H24N2O3/c1-3-30-25-16-20(15-22(17-27)21-12-9-19(2)10-13-21)11-14-24(25)31-18-26(29)28-23-7-5-4-6-8-23/h4-16H,3,18H2,1-2H3,(H,28,29)/b22-15+. The van der Waals surface area contributed by atoms with Crippen molar-refractivity contribution < 1.29 is 14.3 Å². The highest BCUT2D eigenvalue weighted by Crippen LogP contribution is 2.30. The van der Waals surface area contributed by atoms with E-state index < -0.39 is 0 Å². The minimum absolute atomic E-state index is 0.142. The van der Waals surface area contributed by atoms with Gasteiger partial charge in [0.15, 0.2) is 18.1 Å². The highest BCUT2D eigenvalue weighted by Gasteiger charge is 2.10. The van der Waals surface area contributed by atoms with E-state index in [-0.39, 0.29) is 12.5 Å². The number of hydrogen-bond donors (Lipinski definition) is 1. The Balaban J connectivity index is 1.75. The normalized spacial score (nSPS) is 10.8. The number of allylic oxidation sites excluding steroid dienone is 1. The van der Waals surface area contributed by atoms with Crippen LogP contribution in [-0.2, 0) is 4.79 Å². The molecule has 0 spiro atoms. The summed E-state index contributed by atoms with van der Waals surface area (Å²) in [5.74, 6) is 0.727. The van der Waals surface area contributed by atoms with Gasteiger partial charge in [-0.1, -0.05) is 54.1 Å². The van der Waals surface area contributed by atoms with Crippen molar-refractivity contribution in [1.82, 2.24) is 0 Å². The van der Waals surface area contributed by atoms with Crippen LogP contribution in [0.2, 0.25) is 0 Å². The number of ether oxygens (including phenoxy) is 2. The smallest absolute Gasteiger partial charge is 0.262 e. The number of rotatable bonds is 8. The van der Waals surface area contributed by atoms with Gasteiger partial charge in [0.05, 0.1) is 18.2 Å². The number of nitriles is 1. The number of carbonyl (C=O) groups is 1. The quantitative estimate of drug-likeness (QED) is 0.393. The summed E-state index contributed by atoms with van der Waals surface area (Å²) < 4.78 is 11.4. The minimum Gasteiger partial charge on any atom is -0.490 e. The summed E-state index contributed by atoms with van der Waals surface area (Å²) in [6, 6.07) is 24.6. The molecule has 0 radical (unpaired) electrons. The number of benzene rings is 3. The van der Waals surface area contributed by atoms with Crippen molar-refractivity contribution in [3.8, 4) is 17.6 Å². The summed E-state index contributed by atoms with van der Waals surface area (Å²) in [6.45, 7) is 4.19. The van der Waals surface area contributed by atoms with Gasteiger partial charge in [-0.3, -0.25) is 4.79 Å². The monoisotopic (exact) mass is 412 g/mol. The van der Waals surface area contributed by atoms with Gasteiger partial charge in [0.1, 0.15) is 0 Å². The van der Waals surface area contributed by atoms with E-state index >= 15 is 0 Å². The summed E-state index contributed by atoms with van der Waals surface area (Å²) >= 11 is 0. The van der Waals surface area contributed by atoms with Crippen LogP contribution in [0.5, 0.6) is 11.5 Å². The Bertz CT molecular complexity index is 1100. The number of aryl methyl sites for hydroxylation is 1. The largest absolute Gasteiger partial charge is 0.490 e. The maximum absolute atomic E-state index is 12.2. The van der Waals surface area contributed by atoms with Crippen molar-refractivity contribution in [3.63, 3.8) is 0 Å². The average Bonchev–Trinajstić information content (AvgIpc) is 2.78. The van der Waals surface area contributed by atoms with Crippen molar-refractivity contribution >= 4 is 23.2 Å². The molecule has 0 unspecified atom stereocenters. The minimum atomic E-state index is -0.260. The molecule has 3 aromatic carbocycles. The second-order valence-corrected chi connectivity index (χ2v) is 6.88. The lowest BCUT2D eigenvalue weighted by molar-refractivity contribution is -0.118. The van der Waals surface area contributed by atoms with Crippen LogP contribution in [0.25, 0.3) is 11.6 Å². The molecule has 156 valence electrons. The fourth-order valence-electron chi connectivity index (χ4n) is 2.94. The van der Waals surface area contributed by atoms with Crippen molar-refractivity contribution in [2.24, 2.45) is 0 Å². The van der Waals surface area contributed by atoms with Gasteiger partial charge in [0.2, 0.25) is 0 Å². The van der Waals surface area contributed by atoms with Gasteiger partial charge >= 0.3 is 0 Å². The Labute approximate surface area is 182 Å². The summed E-state index contributed by atoms with van der Waals surface area (Å²) in [5.41, 5.74) is 4.06. The molecule has 0 saturated carbocycles. The first-order valence-electron chi connectivity index (χ1n) is 10.0. The predicted molar refractivity (Wildman–Crippen MR) is 123 cm³/mol. The molecule has 0 aromatic heterocycles. The van der Waals surface area contributed by atoms with E-state index in [1.165, 1.54) is 0 Å². The van der Waals surface area contributed by atoms with Gasteiger partial charge in [0.25, 0.3) is 5.91 Å². The number of para-hydroxylation sites is 1. The maximum atomic E-state index is 12.2. The molecule has 3 rings (SSSR count). The number of nitrogens with zero attached hydrogens (tertiary/aromatic N) is 1. The predicted octanol–water partition coefficient (Wildman–Crippen LogP) is 5.48. The molecule has 3 aromatic rings. The molecule has 1 N–H and O–H groups in total. The Morgan fingerprint density at radius 3 is 2.42 bits per heavy atom. The molecular weight excluding hydrogens is 388 g/mol. The fraction of sp³-hybridized carbons (Fsp3) is 0.154. The van der Waals surface area contributed by atoms with Gasteiger partial charge in [-0.25, -0.2) is 0 Å². The number of amides is 1. The first-order valence-corrected chi connectivity index (χ1v) is 10.0. The van der Waals surface area contributed by atoms with Crippen LogP contribution in [0, 0.1) is 18.3 Å². The van der Waals surface area contributed by atoms with Crippen LogP contribution in [-0.4, -0.2) is 19.1 Å². The van der Waals surface area contributed by atoms with Gasteiger partial charge < -0.3 is 14.8 Å². The van der Waals surface area contributed by atoms with E-state index in [1.807, 2.05) is 74.5 Å². The molecule has 0 heterocycles. The second-order valence-electron chi connectivity index (χ2n) is 6.88. The van der Waals surface area contributed by atoms with E-state index in [0.717, 1.165) is 16.7 Å². The summed E-state index contributed by atoms with van der Waals surface area (Å²) in [6.07, 6.45) is 1.80. The second kappa shape index (κ2) is 10.7. The van der Waals surface area contributed by atoms with Gasteiger partial charge in [-0.15, -0.1) is 0 Å². The highest BCUT2D eigenvalue weighted by atomic mass is 16.5. The highest BCUT2D eigenvalue weighted by molar-refractivity contribution is 5.92. The van der Waals surface area contributed by atoms with Crippen LogP contribution in [0.1, 0.15) is 23.6 Å². The Morgan fingerprint density at radius 1 is 1.00 bits per heavy atom. The summed E-state index contributed by atoms with van der Waals surface area (Å²) in [5, 5.41) is 12.4. The van der Waals surface area contributed by atoms with Crippen molar-refractivity contribution in [2.45, 2.75) is 13.8 Å². The average molecular weight is 412 g/mol. The molecule has 0 aliphatic heterocycles. The van der Waals surface area contributed by atoms with Crippen molar-refractivity contribution in [3.05, 3.63) is 89.5 Å². The lowest BCUT2D eigenvalue weighted by atomic mass is 10.0. The van der Waals surface area contributed by atoms with Crippen LogP contribution in [0.15, 0.2) is 72.8 Å². The third kappa shape index (κ3) is 6.22. The molecule has 0 aliphatic carbocycles. The molecule has 5 heteroatoms. The number of anilines is 1. The topological polar surface area (TPSA) is 71.3 Å². The van der Waals surface area contributed by atoms with E-state index in [1.54, 1.807) is 18.2 Å². The third-order valence-electron chi connectivity index (χ3n) is 4.48. The van der Waals surface area contributed by atoms with E-state index in [0.29, 0.717) is 29.4 Å². The van der Waals surface area contributed by atoms with Crippen LogP contribution < -0.4 is 14.8 Å². The molecule has 0 aliphatic rings. The molecule has 5 nitrogen and oxygen atoms in total. The van der Waals surface area contributed by atoms with Crippen molar-refractivity contribution in [2.75, 3.05) is 18.5 Å². The summed E-state index contributed by atoms with van der Waals surface area (Å²) in [7, 11) is 0. The van der Waals surface area contributed by atoms with Gasteiger partial charge in [-0.2, -0.15) is 5.26 Å². The zero-order valence-corrected chi connectivity index (χ0v) is 17.6. The molecule has 31 heavy (non-hydrogen) atoms. The molecule has 1 amide bonds. The summed E-state index contributed by atoms with van der Waals surface area (Å²) in [4.78, 5) is 12.2. The third-order valence-corrected chi connectivity index (χ3v) is 4.48. The van der Waals surface area contributed by atoms with Crippen LogP contribution >= 0.6 is 0 Å². The number of carbonyl (C=O) groups excluding carboxylic acids is 1. The fourth-order valence-corrected chi connectivity index (χ4v) is 2.94. The van der Waals surface area contributed by atoms with E-state index in [9.17, 15) is 10.1 Å². The zero-order chi connectivity index (χ0) is 22.1. The number of hydrogen-bond acceptors (Lipinski definition) is 4. The lowest BCUT2D eigenvalue weighted by Gasteiger charge is -2.13. The van der Waals surface area contributed by atoms with Gasteiger partial charge in [-0.05, 0) is 55.3 Å². The maximum Gasteiger partial charge on any atom is 0.262 e. The molecule has 0 atom stereocenters. The number of nitrogens with one attached hydrogen (secondary N) is 1. The SMILES string of the molecule is CCOc1cc(/C=C(\C#N)c2ccc(C)cc2)ccc1OCC(=O)Nc1ccccc1.